The minimum atomic E-state index is 0.159. The van der Waals surface area contributed by atoms with Crippen LogP contribution in [0.25, 0.3) is 0 Å². The van der Waals surface area contributed by atoms with Crippen molar-refractivity contribution in [1.29, 1.82) is 5.41 Å². The van der Waals surface area contributed by atoms with Crippen LogP contribution in [0.4, 0.5) is 0 Å². The van der Waals surface area contributed by atoms with Crippen LogP contribution >= 0.6 is 0 Å². The van der Waals surface area contributed by atoms with Gasteiger partial charge in [0.1, 0.15) is 0 Å². The molecule has 2 rings (SSSR count). The van der Waals surface area contributed by atoms with Gasteiger partial charge in [0.25, 0.3) is 0 Å². The number of fused-ring (bicyclic) bond motifs is 1. The Balaban J connectivity index is 2.56. The van der Waals surface area contributed by atoms with Gasteiger partial charge < -0.3 is 5.41 Å². The van der Waals surface area contributed by atoms with Crippen LogP contribution in [0, 0.1) is 5.41 Å². The quantitative estimate of drug-likeness (QED) is 0.623. The lowest BCUT2D eigenvalue weighted by molar-refractivity contribution is 0.528. The highest BCUT2D eigenvalue weighted by molar-refractivity contribution is 5.87. The van der Waals surface area contributed by atoms with E-state index in [0.29, 0.717) is 0 Å². The topological polar surface area (TPSA) is 23.9 Å². The molecule has 0 aromatic heterocycles. The van der Waals surface area contributed by atoms with E-state index in [4.69, 9.17) is 5.41 Å². The van der Waals surface area contributed by atoms with E-state index in [0.717, 1.165) is 18.6 Å². The summed E-state index contributed by atoms with van der Waals surface area (Å²) >= 11 is 0. The van der Waals surface area contributed by atoms with Crippen LogP contribution in [0.3, 0.4) is 0 Å². The van der Waals surface area contributed by atoms with Crippen molar-refractivity contribution in [2.45, 2.75) is 32.1 Å². The van der Waals surface area contributed by atoms with Crippen molar-refractivity contribution >= 4 is 5.71 Å². The number of nitrogens with one attached hydrogen (secondary N) is 1. The third kappa shape index (κ3) is 1.39. The first-order valence-corrected chi connectivity index (χ1v) is 4.74. The maximum absolute atomic E-state index is 7.78. The molecular formula is C12H15N. The molecule has 0 fully saturated rings. The molecule has 0 atom stereocenters. The number of benzene rings is 1. The van der Waals surface area contributed by atoms with Crippen molar-refractivity contribution in [3.05, 3.63) is 35.4 Å². The van der Waals surface area contributed by atoms with Gasteiger partial charge in [-0.1, -0.05) is 38.1 Å². The second-order valence-electron chi connectivity index (χ2n) is 4.50. The van der Waals surface area contributed by atoms with Crippen molar-refractivity contribution in [2.24, 2.45) is 0 Å². The van der Waals surface area contributed by atoms with E-state index < -0.39 is 0 Å². The summed E-state index contributed by atoms with van der Waals surface area (Å²) in [5.74, 6) is 0. The fraction of sp³-hybridized carbons (Fsp3) is 0.417. The van der Waals surface area contributed by atoms with E-state index in [1.165, 1.54) is 11.1 Å². The van der Waals surface area contributed by atoms with Crippen molar-refractivity contribution in [1.82, 2.24) is 0 Å². The fourth-order valence-corrected chi connectivity index (χ4v) is 2.26. The monoisotopic (exact) mass is 173 g/mol. The van der Waals surface area contributed by atoms with Gasteiger partial charge in [-0.2, -0.15) is 0 Å². The first kappa shape index (κ1) is 8.49. The summed E-state index contributed by atoms with van der Waals surface area (Å²) in [6.07, 6.45) is 1.75. The average molecular weight is 173 g/mol. The lowest BCUT2D eigenvalue weighted by Crippen LogP contribution is -2.29. The first-order valence-electron chi connectivity index (χ1n) is 4.74. The Hall–Kier alpha value is -1.11. The van der Waals surface area contributed by atoms with Gasteiger partial charge >= 0.3 is 0 Å². The largest absolute Gasteiger partial charge is 0.309 e. The van der Waals surface area contributed by atoms with Crippen LogP contribution < -0.4 is 0 Å². The third-order valence-electron chi connectivity index (χ3n) is 2.81. The van der Waals surface area contributed by atoms with Gasteiger partial charge in [0, 0.05) is 12.1 Å². The first-order chi connectivity index (χ1) is 6.09. The molecule has 1 heteroatoms. The van der Waals surface area contributed by atoms with Gasteiger partial charge in [-0.15, -0.1) is 0 Å². The zero-order valence-electron chi connectivity index (χ0n) is 8.22. The Morgan fingerprint density at radius 2 is 1.92 bits per heavy atom. The Morgan fingerprint density at radius 1 is 1.23 bits per heavy atom. The van der Waals surface area contributed by atoms with Gasteiger partial charge in [0.2, 0.25) is 0 Å². The summed E-state index contributed by atoms with van der Waals surface area (Å²) in [6, 6.07) is 8.50. The Bertz CT molecular complexity index is 350. The van der Waals surface area contributed by atoms with Gasteiger partial charge in [-0.3, -0.25) is 0 Å². The number of hydrogen-bond acceptors (Lipinski definition) is 1. The van der Waals surface area contributed by atoms with E-state index in [9.17, 15) is 0 Å². The molecule has 0 spiro atoms. The zero-order valence-corrected chi connectivity index (χ0v) is 8.22. The van der Waals surface area contributed by atoms with E-state index in [-0.39, 0.29) is 5.41 Å². The second kappa shape index (κ2) is 2.69. The predicted octanol–water partition coefficient (Wildman–Crippen LogP) is 2.93. The molecule has 0 bridgehead atoms. The smallest absolute Gasteiger partial charge is 0.0142 e. The molecule has 1 aromatic rings. The van der Waals surface area contributed by atoms with Crippen LogP contribution in [-0.2, 0) is 11.8 Å². The molecule has 1 aliphatic carbocycles. The van der Waals surface area contributed by atoms with E-state index >= 15 is 0 Å². The van der Waals surface area contributed by atoms with Gasteiger partial charge in [0.15, 0.2) is 0 Å². The molecular weight excluding hydrogens is 158 g/mol. The Morgan fingerprint density at radius 3 is 2.69 bits per heavy atom. The molecule has 0 saturated heterocycles. The normalized spacial score (nSPS) is 19.7. The maximum Gasteiger partial charge on any atom is 0.0142 e. The predicted molar refractivity (Wildman–Crippen MR) is 55.5 cm³/mol. The summed E-state index contributed by atoms with van der Waals surface area (Å²) in [6.45, 7) is 4.44. The van der Waals surface area contributed by atoms with Crippen molar-refractivity contribution in [3.8, 4) is 0 Å². The third-order valence-corrected chi connectivity index (χ3v) is 2.81. The lowest BCUT2D eigenvalue weighted by Gasteiger charge is -2.32. The lowest BCUT2D eigenvalue weighted by atomic mass is 9.72. The molecule has 0 heterocycles. The molecule has 0 aliphatic heterocycles. The molecule has 1 aliphatic rings. The van der Waals surface area contributed by atoms with Gasteiger partial charge in [-0.25, -0.2) is 0 Å². The number of hydrogen-bond donors (Lipinski definition) is 1. The van der Waals surface area contributed by atoms with Crippen LogP contribution in [0.1, 0.15) is 31.4 Å². The standard InChI is InChI=1S/C12H15N/c1-12(2)8-10(13)7-9-5-3-4-6-11(9)12/h3-6,13H,7-8H2,1-2H3. The molecule has 1 nitrogen and oxygen atoms in total. The van der Waals surface area contributed by atoms with Gasteiger partial charge in [-0.05, 0) is 23.0 Å². The van der Waals surface area contributed by atoms with Gasteiger partial charge in [0.05, 0.1) is 0 Å². The van der Waals surface area contributed by atoms with E-state index in [1.807, 2.05) is 0 Å². The minimum Gasteiger partial charge on any atom is -0.309 e. The van der Waals surface area contributed by atoms with Crippen LogP contribution in [0.15, 0.2) is 24.3 Å². The average Bonchev–Trinajstić information content (AvgIpc) is 2.02. The second-order valence-corrected chi connectivity index (χ2v) is 4.50. The van der Waals surface area contributed by atoms with E-state index in [1.54, 1.807) is 0 Å². The van der Waals surface area contributed by atoms with Crippen LogP contribution in [0.2, 0.25) is 0 Å². The van der Waals surface area contributed by atoms with Crippen LogP contribution in [0.5, 0.6) is 0 Å². The molecule has 0 saturated carbocycles. The highest BCUT2D eigenvalue weighted by Gasteiger charge is 2.29. The highest BCUT2D eigenvalue weighted by atomic mass is 14.5. The molecule has 1 N–H and O–H groups in total. The summed E-state index contributed by atoms with van der Waals surface area (Å²) in [5, 5.41) is 7.78. The minimum absolute atomic E-state index is 0.159. The molecule has 0 amide bonds. The Labute approximate surface area is 79.3 Å². The summed E-state index contributed by atoms with van der Waals surface area (Å²) in [5.41, 5.74) is 3.78. The van der Waals surface area contributed by atoms with E-state index in [2.05, 4.69) is 38.1 Å². The summed E-state index contributed by atoms with van der Waals surface area (Å²) in [4.78, 5) is 0. The SMILES string of the molecule is CC1(C)CC(=N)Cc2ccccc21. The number of rotatable bonds is 0. The zero-order chi connectivity index (χ0) is 9.47. The van der Waals surface area contributed by atoms with Crippen molar-refractivity contribution < 1.29 is 0 Å². The molecule has 0 radical (unpaired) electrons. The summed E-state index contributed by atoms with van der Waals surface area (Å²) < 4.78 is 0. The molecule has 1 aromatic carbocycles. The summed E-state index contributed by atoms with van der Waals surface area (Å²) in [7, 11) is 0. The van der Waals surface area contributed by atoms with Crippen molar-refractivity contribution in [2.75, 3.05) is 0 Å². The molecule has 68 valence electrons. The molecule has 0 unspecified atom stereocenters. The van der Waals surface area contributed by atoms with Crippen molar-refractivity contribution in [3.63, 3.8) is 0 Å². The molecule has 13 heavy (non-hydrogen) atoms. The Kier molecular flexibility index (Phi) is 1.76. The highest BCUT2D eigenvalue weighted by Crippen LogP contribution is 2.34. The fourth-order valence-electron chi connectivity index (χ4n) is 2.26. The maximum atomic E-state index is 7.78. The van der Waals surface area contributed by atoms with Crippen LogP contribution in [-0.4, -0.2) is 5.71 Å².